The van der Waals surface area contributed by atoms with E-state index in [2.05, 4.69) is 10.5 Å². The van der Waals surface area contributed by atoms with Gasteiger partial charge in [-0.3, -0.25) is 0 Å². The van der Waals surface area contributed by atoms with Gasteiger partial charge in [-0.05, 0) is 36.8 Å². The minimum Gasteiger partial charge on any atom is -0.477 e. The third-order valence-corrected chi connectivity index (χ3v) is 3.90. The Labute approximate surface area is 144 Å². The first kappa shape index (κ1) is 16.9. The van der Waals surface area contributed by atoms with Gasteiger partial charge >= 0.3 is 5.97 Å². The van der Waals surface area contributed by atoms with E-state index < -0.39 is 11.8 Å². The number of aromatic carboxylic acids is 1. The van der Waals surface area contributed by atoms with Gasteiger partial charge in [0.1, 0.15) is 17.1 Å². The van der Waals surface area contributed by atoms with E-state index in [0.717, 1.165) is 5.56 Å². The monoisotopic (exact) mass is 340 g/mol. The Morgan fingerprint density at radius 2 is 1.88 bits per heavy atom. The van der Waals surface area contributed by atoms with Crippen LogP contribution in [0, 0.1) is 5.82 Å². The second kappa shape index (κ2) is 7.27. The standard InChI is InChI=1S/C19H17FN2O3/c1-12(21-11-13-5-3-2-4-6-13)18-16(19(23)24)17(22-25-18)14-7-9-15(20)10-8-14/h2-10,12,21H,11H2,1H3,(H,23,24). The van der Waals surface area contributed by atoms with Gasteiger partial charge in [0.25, 0.3) is 0 Å². The molecule has 3 rings (SSSR count). The summed E-state index contributed by atoms with van der Waals surface area (Å²) < 4.78 is 18.4. The molecule has 1 unspecified atom stereocenters. The van der Waals surface area contributed by atoms with Crippen LogP contribution in [0.1, 0.15) is 34.6 Å². The Morgan fingerprint density at radius 1 is 1.20 bits per heavy atom. The maximum atomic E-state index is 13.1. The zero-order valence-corrected chi connectivity index (χ0v) is 13.6. The fourth-order valence-corrected chi connectivity index (χ4v) is 2.57. The van der Waals surface area contributed by atoms with Crippen molar-refractivity contribution in [1.29, 1.82) is 0 Å². The maximum Gasteiger partial charge on any atom is 0.341 e. The molecule has 6 heteroatoms. The van der Waals surface area contributed by atoms with E-state index in [9.17, 15) is 14.3 Å². The van der Waals surface area contributed by atoms with Gasteiger partial charge in [0, 0.05) is 12.1 Å². The van der Waals surface area contributed by atoms with Gasteiger partial charge in [0.05, 0.1) is 6.04 Å². The molecule has 2 N–H and O–H groups in total. The first-order valence-electron chi connectivity index (χ1n) is 7.82. The van der Waals surface area contributed by atoms with Crippen LogP contribution in [0.5, 0.6) is 0 Å². The van der Waals surface area contributed by atoms with E-state index >= 15 is 0 Å². The third-order valence-electron chi connectivity index (χ3n) is 3.90. The van der Waals surface area contributed by atoms with Crippen LogP contribution in [0.25, 0.3) is 11.3 Å². The van der Waals surface area contributed by atoms with Crippen molar-refractivity contribution in [2.75, 3.05) is 0 Å². The third kappa shape index (κ3) is 3.75. The second-order valence-electron chi connectivity index (χ2n) is 5.67. The van der Waals surface area contributed by atoms with Gasteiger partial charge in [0.15, 0.2) is 5.76 Å². The summed E-state index contributed by atoms with van der Waals surface area (Å²) in [7, 11) is 0. The van der Waals surface area contributed by atoms with E-state index in [1.54, 1.807) is 0 Å². The number of rotatable bonds is 6. The summed E-state index contributed by atoms with van der Waals surface area (Å²) in [4.78, 5) is 11.7. The predicted octanol–water partition coefficient (Wildman–Crippen LogP) is 4.03. The molecule has 2 aromatic carbocycles. The highest BCUT2D eigenvalue weighted by molar-refractivity contribution is 5.95. The van der Waals surface area contributed by atoms with Crippen LogP contribution in [0.15, 0.2) is 59.1 Å². The number of carboxylic acid groups (broad SMARTS) is 1. The fourth-order valence-electron chi connectivity index (χ4n) is 2.57. The molecule has 0 saturated carbocycles. The van der Waals surface area contributed by atoms with Crippen molar-refractivity contribution in [2.45, 2.75) is 19.5 Å². The molecule has 1 aromatic heterocycles. The molecule has 0 fully saturated rings. The van der Waals surface area contributed by atoms with Crippen LogP contribution >= 0.6 is 0 Å². The number of halogens is 1. The summed E-state index contributed by atoms with van der Waals surface area (Å²) in [6, 6.07) is 14.9. The molecule has 3 aromatic rings. The Hall–Kier alpha value is -2.99. The van der Waals surface area contributed by atoms with Crippen LogP contribution in [0.4, 0.5) is 4.39 Å². The van der Waals surface area contributed by atoms with E-state index in [1.807, 2.05) is 37.3 Å². The largest absolute Gasteiger partial charge is 0.477 e. The lowest BCUT2D eigenvalue weighted by Gasteiger charge is -2.11. The molecule has 5 nitrogen and oxygen atoms in total. The highest BCUT2D eigenvalue weighted by atomic mass is 19.1. The molecule has 25 heavy (non-hydrogen) atoms. The van der Waals surface area contributed by atoms with E-state index in [-0.39, 0.29) is 23.1 Å². The van der Waals surface area contributed by atoms with Crippen molar-refractivity contribution in [3.8, 4) is 11.3 Å². The molecular formula is C19H17FN2O3. The molecule has 0 radical (unpaired) electrons. The first-order chi connectivity index (χ1) is 12.1. The van der Waals surface area contributed by atoms with Crippen LogP contribution in [0.2, 0.25) is 0 Å². The van der Waals surface area contributed by atoms with Crippen molar-refractivity contribution in [3.63, 3.8) is 0 Å². The summed E-state index contributed by atoms with van der Waals surface area (Å²) in [6.45, 7) is 2.37. The van der Waals surface area contributed by atoms with Gasteiger partial charge in [0.2, 0.25) is 0 Å². The van der Waals surface area contributed by atoms with E-state index in [0.29, 0.717) is 12.1 Å². The van der Waals surface area contributed by atoms with Crippen LogP contribution in [-0.2, 0) is 6.54 Å². The molecule has 0 aliphatic carbocycles. The maximum absolute atomic E-state index is 13.1. The highest BCUT2D eigenvalue weighted by Gasteiger charge is 2.27. The summed E-state index contributed by atoms with van der Waals surface area (Å²) in [5, 5.41) is 16.7. The normalized spacial score (nSPS) is 12.1. The predicted molar refractivity (Wildman–Crippen MR) is 90.6 cm³/mol. The van der Waals surface area contributed by atoms with Gasteiger partial charge in [-0.15, -0.1) is 0 Å². The summed E-state index contributed by atoms with van der Waals surface area (Å²) in [6.07, 6.45) is 0. The molecule has 0 spiro atoms. The van der Waals surface area contributed by atoms with Crippen LogP contribution in [0.3, 0.4) is 0 Å². The van der Waals surface area contributed by atoms with Crippen molar-refractivity contribution >= 4 is 5.97 Å². The van der Waals surface area contributed by atoms with Crippen LogP contribution in [-0.4, -0.2) is 16.2 Å². The zero-order chi connectivity index (χ0) is 17.8. The number of nitrogens with one attached hydrogen (secondary N) is 1. The Kier molecular flexibility index (Phi) is 4.90. The molecule has 0 aliphatic heterocycles. The lowest BCUT2D eigenvalue weighted by molar-refractivity contribution is 0.0694. The number of hydrogen-bond acceptors (Lipinski definition) is 4. The quantitative estimate of drug-likeness (QED) is 0.708. The minimum absolute atomic E-state index is 0.0142. The van der Waals surface area contributed by atoms with E-state index in [4.69, 9.17) is 4.52 Å². The van der Waals surface area contributed by atoms with Crippen molar-refractivity contribution in [1.82, 2.24) is 10.5 Å². The van der Waals surface area contributed by atoms with Crippen molar-refractivity contribution in [3.05, 3.63) is 77.3 Å². The number of aromatic nitrogens is 1. The molecule has 0 saturated heterocycles. The second-order valence-corrected chi connectivity index (χ2v) is 5.67. The average molecular weight is 340 g/mol. The summed E-state index contributed by atoms with van der Waals surface area (Å²) in [5.74, 6) is -1.30. The average Bonchev–Trinajstić information content (AvgIpc) is 3.06. The van der Waals surface area contributed by atoms with Gasteiger partial charge in [-0.1, -0.05) is 35.5 Å². The molecule has 0 amide bonds. The molecule has 128 valence electrons. The molecule has 1 heterocycles. The van der Waals surface area contributed by atoms with Crippen molar-refractivity contribution in [2.24, 2.45) is 0 Å². The molecule has 1 atom stereocenters. The minimum atomic E-state index is -1.14. The number of hydrogen-bond donors (Lipinski definition) is 2. The molecular weight excluding hydrogens is 323 g/mol. The summed E-state index contributed by atoms with van der Waals surface area (Å²) >= 11 is 0. The van der Waals surface area contributed by atoms with Gasteiger partial charge in [-0.25, -0.2) is 9.18 Å². The van der Waals surface area contributed by atoms with Gasteiger partial charge < -0.3 is 14.9 Å². The molecule has 0 aliphatic rings. The van der Waals surface area contributed by atoms with E-state index in [1.165, 1.54) is 24.3 Å². The van der Waals surface area contributed by atoms with Gasteiger partial charge in [-0.2, -0.15) is 0 Å². The first-order valence-corrected chi connectivity index (χ1v) is 7.82. The Morgan fingerprint density at radius 3 is 2.52 bits per heavy atom. The highest BCUT2D eigenvalue weighted by Crippen LogP contribution is 2.29. The lowest BCUT2D eigenvalue weighted by Crippen LogP contribution is -2.19. The lowest BCUT2D eigenvalue weighted by atomic mass is 10.0. The van der Waals surface area contributed by atoms with Crippen LogP contribution < -0.4 is 5.32 Å². The number of carboxylic acids is 1. The Bertz CT molecular complexity index is 860. The summed E-state index contributed by atoms with van der Waals surface area (Å²) in [5.41, 5.74) is 1.74. The topological polar surface area (TPSA) is 75.4 Å². The fraction of sp³-hybridized carbons (Fsp3) is 0.158. The number of nitrogens with zero attached hydrogens (tertiary/aromatic N) is 1. The van der Waals surface area contributed by atoms with Crippen molar-refractivity contribution < 1.29 is 18.8 Å². The molecule has 0 bridgehead atoms. The SMILES string of the molecule is CC(NCc1ccccc1)c1onc(-c2ccc(F)cc2)c1C(=O)O. The Balaban J connectivity index is 1.86. The zero-order valence-electron chi connectivity index (χ0n) is 13.6. The number of carbonyl (C=O) groups is 1. The number of benzene rings is 2. The smallest absolute Gasteiger partial charge is 0.341 e.